The smallest absolute Gasteiger partial charge is 0.211 e. The highest BCUT2D eigenvalue weighted by molar-refractivity contribution is 7.88. The summed E-state index contributed by atoms with van der Waals surface area (Å²) in [5, 5.41) is 3.41. The van der Waals surface area contributed by atoms with Gasteiger partial charge in [0.2, 0.25) is 10.0 Å². The van der Waals surface area contributed by atoms with Crippen molar-refractivity contribution in [3.05, 3.63) is 0 Å². The fourth-order valence-electron chi connectivity index (χ4n) is 3.18. The molecule has 0 saturated carbocycles. The Morgan fingerprint density at radius 1 is 1.33 bits per heavy atom. The lowest BCUT2D eigenvalue weighted by atomic mass is 9.91. The average Bonchev–Trinajstić information content (AvgIpc) is 2.46. The molecule has 1 fully saturated rings. The van der Waals surface area contributed by atoms with Crippen LogP contribution in [-0.4, -0.2) is 69.7 Å². The molecule has 0 amide bonds. The molecule has 2 atom stereocenters. The number of piperidine rings is 1. The van der Waals surface area contributed by atoms with Gasteiger partial charge in [-0.3, -0.25) is 0 Å². The Morgan fingerprint density at radius 3 is 2.52 bits per heavy atom. The van der Waals surface area contributed by atoms with Crippen LogP contribution in [0.4, 0.5) is 0 Å². The van der Waals surface area contributed by atoms with Crippen molar-refractivity contribution in [3.8, 4) is 0 Å². The Bertz CT molecular complexity index is 382. The summed E-state index contributed by atoms with van der Waals surface area (Å²) in [7, 11) is -1.01. The highest BCUT2D eigenvalue weighted by Gasteiger charge is 2.27. The van der Waals surface area contributed by atoms with Crippen molar-refractivity contribution >= 4 is 10.0 Å². The van der Waals surface area contributed by atoms with Gasteiger partial charge in [0.15, 0.2) is 0 Å². The molecule has 1 rings (SSSR count). The molecule has 1 N–H and O–H groups in total. The normalized spacial score (nSPS) is 22.6. The molecule has 0 bridgehead atoms. The van der Waals surface area contributed by atoms with E-state index in [1.807, 2.05) is 7.05 Å². The number of sulfonamides is 1. The quantitative estimate of drug-likeness (QED) is 0.697. The molecule has 0 radical (unpaired) electrons. The zero-order chi connectivity index (χ0) is 15.9. The van der Waals surface area contributed by atoms with E-state index in [2.05, 4.69) is 24.1 Å². The fourth-order valence-corrected chi connectivity index (χ4v) is 4.12. The molecule has 0 aromatic carbocycles. The maximum atomic E-state index is 11.7. The lowest BCUT2D eigenvalue weighted by Gasteiger charge is -2.33. The third-order valence-corrected chi connectivity index (χ3v) is 5.93. The number of hydrogen-bond donors (Lipinski definition) is 1. The second kappa shape index (κ2) is 9.08. The van der Waals surface area contributed by atoms with E-state index < -0.39 is 10.0 Å². The van der Waals surface area contributed by atoms with Gasteiger partial charge in [0.25, 0.3) is 0 Å². The number of nitrogens with zero attached hydrogens (tertiary/aromatic N) is 2. The fraction of sp³-hybridized carbons (Fsp3) is 1.00. The molecule has 0 spiro atoms. The molecule has 21 heavy (non-hydrogen) atoms. The lowest BCUT2D eigenvalue weighted by Crippen LogP contribution is -2.42. The monoisotopic (exact) mass is 319 g/mol. The highest BCUT2D eigenvalue weighted by Crippen LogP contribution is 2.23. The number of hydrogen-bond acceptors (Lipinski definition) is 4. The van der Waals surface area contributed by atoms with E-state index >= 15 is 0 Å². The molecule has 126 valence electrons. The van der Waals surface area contributed by atoms with Gasteiger partial charge in [-0.25, -0.2) is 12.7 Å². The Hall–Kier alpha value is -0.170. The zero-order valence-electron chi connectivity index (χ0n) is 14.1. The Morgan fingerprint density at radius 2 is 2.00 bits per heavy atom. The minimum absolute atomic E-state index is 0.482. The zero-order valence-corrected chi connectivity index (χ0v) is 15.0. The van der Waals surface area contributed by atoms with Crippen LogP contribution < -0.4 is 5.32 Å². The van der Waals surface area contributed by atoms with Crippen LogP contribution >= 0.6 is 0 Å². The SMILES string of the molecule is CCN(CC)CCC(CC1CCCN(S(C)(=O)=O)C1)NC. The van der Waals surface area contributed by atoms with Crippen molar-refractivity contribution in [2.45, 2.75) is 45.6 Å². The van der Waals surface area contributed by atoms with E-state index in [4.69, 9.17) is 0 Å². The first kappa shape index (κ1) is 18.9. The summed E-state index contributed by atoms with van der Waals surface area (Å²) in [6.45, 7) is 9.09. The molecular weight excluding hydrogens is 286 g/mol. The van der Waals surface area contributed by atoms with Crippen molar-refractivity contribution in [1.82, 2.24) is 14.5 Å². The van der Waals surface area contributed by atoms with Crippen LogP contribution in [-0.2, 0) is 10.0 Å². The molecule has 1 heterocycles. The van der Waals surface area contributed by atoms with Crippen LogP contribution in [0.5, 0.6) is 0 Å². The van der Waals surface area contributed by atoms with Gasteiger partial charge in [-0.1, -0.05) is 13.8 Å². The van der Waals surface area contributed by atoms with Crippen LogP contribution in [0.1, 0.15) is 39.5 Å². The third kappa shape index (κ3) is 6.63. The van der Waals surface area contributed by atoms with E-state index in [-0.39, 0.29) is 0 Å². The topological polar surface area (TPSA) is 52.7 Å². The number of nitrogens with one attached hydrogen (secondary N) is 1. The summed E-state index contributed by atoms with van der Waals surface area (Å²) in [6.07, 6.45) is 5.67. The first-order valence-corrected chi connectivity index (χ1v) is 10.1. The van der Waals surface area contributed by atoms with Gasteiger partial charge in [0.1, 0.15) is 0 Å². The van der Waals surface area contributed by atoms with Gasteiger partial charge in [0.05, 0.1) is 6.26 Å². The summed E-state index contributed by atoms with van der Waals surface area (Å²) < 4.78 is 25.0. The van der Waals surface area contributed by atoms with Crippen molar-refractivity contribution in [1.29, 1.82) is 0 Å². The number of rotatable bonds is 9. The van der Waals surface area contributed by atoms with E-state index in [1.165, 1.54) is 6.26 Å². The second-order valence-electron chi connectivity index (χ2n) is 6.17. The molecule has 5 nitrogen and oxygen atoms in total. The average molecular weight is 320 g/mol. The van der Waals surface area contributed by atoms with E-state index in [0.29, 0.717) is 25.0 Å². The molecule has 1 aliphatic rings. The van der Waals surface area contributed by atoms with Crippen molar-refractivity contribution in [2.75, 3.05) is 46.0 Å². The van der Waals surface area contributed by atoms with Crippen LogP contribution in [0.15, 0.2) is 0 Å². The van der Waals surface area contributed by atoms with Crippen molar-refractivity contribution < 1.29 is 8.42 Å². The van der Waals surface area contributed by atoms with Gasteiger partial charge in [-0.15, -0.1) is 0 Å². The lowest BCUT2D eigenvalue weighted by molar-refractivity contribution is 0.223. The molecule has 1 saturated heterocycles. The van der Waals surface area contributed by atoms with E-state index in [0.717, 1.165) is 45.3 Å². The minimum atomic E-state index is -3.03. The van der Waals surface area contributed by atoms with Gasteiger partial charge in [0, 0.05) is 19.1 Å². The second-order valence-corrected chi connectivity index (χ2v) is 8.15. The standard InChI is InChI=1S/C15H33N3O2S/c1-5-17(6-2)11-9-15(16-3)12-14-8-7-10-18(13-14)21(4,19)20/h14-16H,5-13H2,1-4H3. The van der Waals surface area contributed by atoms with Gasteiger partial charge in [-0.05, 0) is 58.3 Å². The molecule has 0 aliphatic carbocycles. The Labute approximate surface area is 131 Å². The molecule has 6 heteroatoms. The summed E-state index contributed by atoms with van der Waals surface area (Å²) in [5.41, 5.74) is 0. The molecule has 1 aliphatic heterocycles. The first-order chi connectivity index (χ1) is 9.90. The molecule has 2 unspecified atom stereocenters. The predicted molar refractivity (Wildman–Crippen MR) is 89.0 cm³/mol. The predicted octanol–water partition coefficient (Wildman–Crippen LogP) is 1.37. The van der Waals surface area contributed by atoms with Crippen LogP contribution in [0, 0.1) is 5.92 Å². The van der Waals surface area contributed by atoms with Gasteiger partial charge >= 0.3 is 0 Å². The van der Waals surface area contributed by atoms with E-state index in [1.54, 1.807) is 4.31 Å². The largest absolute Gasteiger partial charge is 0.317 e. The minimum Gasteiger partial charge on any atom is -0.317 e. The summed E-state index contributed by atoms with van der Waals surface area (Å²) in [4.78, 5) is 2.44. The van der Waals surface area contributed by atoms with Crippen molar-refractivity contribution in [3.63, 3.8) is 0 Å². The maximum absolute atomic E-state index is 11.7. The summed E-state index contributed by atoms with van der Waals surface area (Å²) in [6, 6.07) is 0.482. The maximum Gasteiger partial charge on any atom is 0.211 e. The Balaban J connectivity index is 2.45. The Kier molecular flexibility index (Phi) is 8.16. The van der Waals surface area contributed by atoms with Gasteiger partial charge < -0.3 is 10.2 Å². The van der Waals surface area contributed by atoms with E-state index in [9.17, 15) is 8.42 Å². The molecule has 0 aromatic heterocycles. The third-order valence-electron chi connectivity index (χ3n) is 4.67. The first-order valence-electron chi connectivity index (χ1n) is 8.25. The van der Waals surface area contributed by atoms with Crippen LogP contribution in [0.2, 0.25) is 0 Å². The van der Waals surface area contributed by atoms with Gasteiger partial charge in [-0.2, -0.15) is 0 Å². The van der Waals surface area contributed by atoms with Crippen LogP contribution in [0.25, 0.3) is 0 Å². The molecule has 0 aromatic rings. The summed E-state index contributed by atoms with van der Waals surface area (Å²) >= 11 is 0. The van der Waals surface area contributed by atoms with Crippen molar-refractivity contribution in [2.24, 2.45) is 5.92 Å². The van der Waals surface area contributed by atoms with Crippen LogP contribution in [0.3, 0.4) is 0 Å². The molecular formula is C15H33N3O2S. The summed E-state index contributed by atoms with van der Waals surface area (Å²) in [5.74, 6) is 0.489. The highest BCUT2D eigenvalue weighted by atomic mass is 32.2.